The number of carbonyl (C=O) groups is 1. The molecule has 1 amide bonds. The molecule has 0 saturated carbocycles. The van der Waals surface area contributed by atoms with E-state index in [9.17, 15) is 4.79 Å². The highest BCUT2D eigenvalue weighted by Gasteiger charge is 2.08. The van der Waals surface area contributed by atoms with Crippen LogP contribution in [0.5, 0.6) is 5.75 Å². The number of methoxy groups -OCH3 is 1. The molecule has 0 fully saturated rings. The van der Waals surface area contributed by atoms with Crippen molar-refractivity contribution in [2.24, 2.45) is 0 Å². The smallest absolute Gasteiger partial charge is 0.272 e. The summed E-state index contributed by atoms with van der Waals surface area (Å²) in [7, 11) is 1.54. The molecule has 5 heteroatoms. The number of halogens is 1. The van der Waals surface area contributed by atoms with Crippen LogP contribution in [0.2, 0.25) is 5.02 Å². The van der Waals surface area contributed by atoms with Gasteiger partial charge in [0, 0.05) is 11.9 Å². The van der Waals surface area contributed by atoms with Crippen molar-refractivity contribution in [3.8, 4) is 5.75 Å². The molecule has 0 spiro atoms. The minimum atomic E-state index is -0.212. The Morgan fingerprint density at radius 1 is 1.41 bits per heavy atom. The van der Waals surface area contributed by atoms with E-state index in [1.165, 1.54) is 0 Å². The lowest BCUT2D eigenvalue weighted by molar-refractivity contribution is 0.102. The second-order valence-electron chi connectivity index (χ2n) is 3.39. The molecule has 1 aromatic carbocycles. The molecule has 88 valence electrons. The summed E-state index contributed by atoms with van der Waals surface area (Å²) in [6, 6.07) is 8.52. The number of rotatable bonds is 3. The van der Waals surface area contributed by atoms with Crippen molar-refractivity contribution in [1.29, 1.82) is 0 Å². The van der Waals surface area contributed by atoms with E-state index in [2.05, 4.69) is 10.3 Å². The van der Waals surface area contributed by atoms with Crippen LogP contribution in [0.4, 0.5) is 5.69 Å². The molecule has 0 unspecified atom stereocenters. The topological polar surface area (TPSA) is 54.1 Å². The number of H-pyrrole nitrogens is 1. The first-order chi connectivity index (χ1) is 8.20. The van der Waals surface area contributed by atoms with Crippen molar-refractivity contribution in [3.05, 3.63) is 47.2 Å². The van der Waals surface area contributed by atoms with Crippen LogP contribution in [-0.4, -0.2) is 18.0 Å². The molecule has 2 aromatic rings. The lowest BCUT2D eigenvalue weighted by atomic mass is 10.3. The first kappa shape index (κ1) is 11.5. The van der Waals surface area contributed by atoms with E-state index in [4.69, 9.17) is 16.3 Å². The van der Waals surface area contributed by atoms with Crippen LogP contribution < -0.4 is 10.1 Å². The Hall–Kier alpha value is -1.94. The zero-order valence-corrected chi connectivity index (χ0v) is 9.91. The van der Waals surface area contributed by atoms with Crippen molar-refractivity contribution in [3.63, 3.8) is 0 Å². The van der Waals surface area contributed by atoms with Gasteiger partial charge in [-0.15, -0.1) is 0 Å². The molecule has 0 bridgehead atoms. The molecule has 2 N–H and O–H groups in total. The summed E-state index contributed by atoms with van der Waals surface area (Å²) >= 11 is 5.95. The number of anilines is 1. The maximum absolute atomic E-state index is 11.7. The number of aromatic nitrogens is 1. The maximum Gasteiger partial charge on any atom is 0.272 e. The molecular weight excluding hydrogens is 240 g/mol. The van der Waals surface area contributed by atoms with E-state index in [1.54, 1.807) is 43.6 Å². The van der Waals surface area contributed by atoms with Crippen LogP contribution in [0.25, 0.3) is 0 Å². The molecule has 0 aliphatic rings. The van der Waals surface area contributed by atoms with Crippen molar-refractivity contribution in [2.45, 2.75) is 0 Å². The van der Waals surface area contributed by atoms with Crippen molar-refractivity contribution in [2.75, 3.05) is 12.4 Å². The number of aromatic amines is 1. The fourth-order valence-electron chi connectivity index (χ4n) is 1.41. The summed E-state index contributed by atoms with van der Waals surface area (Å²) in [6.07, 6.45) is 1.69. The molecule has 0 aliphatic heterocycles. The van der Waals surface area contributed by atoms with Gasteiger partial charge >= 0.3 is 0 Å². The van der Waals surface area contributed by atoms with Gasteiger partial charge in [0.15, 0.2) is 0 Å². The van der Waals surface area contributed by atoms with Gasteiger partial charge in [-0.25, -0.2) is 0 Å². The molecule has 0 atom stereocenters. The molecule has 0 saturated heterocycles. The zero-order chi connectivity index (χ0) is 12.3. The van der Waals surface area contributed by atoms with Gasteiger partial charge in [0.2, 0.25) is 0 Å². The summed E-state index contributed by atoms with van der Waals surface area (Å²) in [6.45, 7) is 0. The fourth-order valence-corrected chi connectivity index (χ4v) is 1.67. The van der Waals surface area contributed by atoms with E-state index in [-0.39, 0.29) is 5.91 Å². The standard InChI is InChI=1S/C12H11ClN2O2/c1-17-11-5-4-8(7-9(11)13)15-12(16)10-3-2-6-14-10/h2-7,14H,1H3,(H,15,16). The number of nitrogens with one attached hydrogen (secondary N) is 2. The third-order valence-corrected chi connectivity index (χ3v) is 2.55. The molecule has 2 rings (SSSR count). The Morgan fingerprint density at radius 3 is 2.82 bits per heavy atom. The summed E-state index contributed by atoms with van der Waals surface area (Å²) in [4.78, 5) is 14.5. The van der Waals surface area contributed by atoms with Gasteiger partial charge in [0.05, 0.1) is 12.1 Å². The van der Waals surface area contributed by atoms with Crippen molar-refractivity contribution in [1.82, 2.24) is 4.98 Å². The zero-order valence-electron chi connectivity index (χ0n) is 9.16. The Morgan fingerprint density at radius 2 is 2.24 bits per heavy atom. The Bertz CT molecular complexity index is 523. The van der Waals surface area contributed by atoms with Crippen LogP contribution in [-0.2, 0) is 0 Å². The van der Waals surface area contributed by atoms with E-state index < -0.39 is 0 Å². The Kier molecular flexibility index (Phi) is 3.35. The van der Waals surface area contributed by atoms with Crippen LogP contribution in [0.3, 0.4) is 0 Å². The van der Waals surface area contributed by atoms with Crippen molar-refractivity contribution >= 4 is 23.2 Å². The molecule has 17 heavy (non-hydrogen) atoms. The number of hydrogen-bond acceptors (Lipinski definition) is 2. The highest BCUT2D eigenvalue weighted by molar-refractivity contribution is 6.32. The fraction of sp³-hybridized carbons (Fsp3) is 0.0833. The molecule has 1 heterocycles. The molecular formula is C12H11ClN2O2. The lowest BCUT2D eigenvalue weighted by Gasteiger charge is -2.07. The minimum Gasteiger partial charge on any atom is -0.495 e. The first-order valence-electron chi connectivity index (χ1n) is 4.99. The van der Waals surface area contributed by atoms with Crippen LogP contribution >= 0.6 is 11.6 Å². The predicted molar refractivity (Wildman–Crippen MR) is 66.7 cm³/mol. The van der Waals surface area contributed by atoms with Gasteiger partial charge in [-0.2, -0.15) is 0 Å². The lowest BCUT2D eigenvalue weighted by Crippen LogP contribution is -2.12. The molecule has 0 aliphatic carbocycles. The first-order valence-corrected chi connectivity index (χ1v) is 5.37. The van der Waals surface area contributed by atoms with Gasteiger partial charge < -0.3 is 15.0 Å². The number of hydrogen-bond donors (Lipinski definition) is 2. The second kappa shape index (κ2) is 4.93. The van der Waals surface area contributed by atoms with Gasteiger partial charge in [0.1, 0.15) is 11.4 Å². The van der Waals surface area contributed by atoms with E-state index >= 15 is 0 Å². The minimum absolute atomic E-state index is 0.212. The highest BCUT2D eigenvalue weighted by Crippen LogP contribution is 2.27. The molecule has 1 aromatic heterocycles. The van der Waals surface area contributed by atoms with Crippen LogP contribution in [0.15, 0.2) is 36.5 Å². The van der Waals surface area contributed by atoms with E-state index in [0.29, 0.717) is 22.2 Å². The number of benzene rings is 1. The Labute approximate surface area is 104 Å². The highest BCUT2D eigenvalue weighted by atomic mass is 35.5. The monoisotopic (exact) mass is 250 g/mol. The van der Waals surface area contributed by atoms with Crippen molar-refractivity contribution < 1.29 is 9.53 Å². The van der Waals surface area contributed by atoms with E-state index in [0.717, 1.165) is 0 Å². The largest absolute Gasteiger partial charge is 0.495 e. The van der Waals surface area contributed by atoms with Gasteiger partial charge in [-0.05, 0) is 30.3 Å². The quantitative estimate of drug-likeness (QED) is 0.880. The summed E-state index contributed by atoms with van der Waals surface area (Å²) in [5.41, 5.74) is 1.12. The Balaban J connectivity index is 2.14. The van der Waals surface area contributed by atoms with Gasteiger partial charge in [-0.1, -0.05) is 11.6 Å². The summed E-state index contributed by atoms with van der Waals surface area (Å²) in [5, 5.41) is 3.18. The molecule has 0 radical (unpaired) electrons. The number of ether oxygens (including phenoxy) is 1. The van der Waals surface area contributed by atoms with Crippen LogP contribution in [0, 0.1) is 0 Å². The van der Waals surface area contributed by atoms with Crippen LogP contribution in [0.1, 0.15) is 10.5 Å². The second-order valence-corrected chi connectivity index (χ2v) is 3.79. The van der Waals surface area contributed by atoms with Gasteiger partial charge in [0.25, 0.3) is 5.91 Å². The third-order valence-electron chi connectivity index (χ3n) is 2.25. The SMILES string of the molecule is COc1ccc(NC(=O)c2ccc[nH]2)cc1Cl. The molecule has 4 nitrogen and oxygen atoms in total. The maximum atomic E-state index is 11.7. The summed E-state index contributed by atoms with van der Waals surface area (Å²) < 4.78 is 5.03. The van der Waals surface area contributed by atoms with Gasteiger partial charge in [-0.3, -0.25) is 4.79 Å². The number of carbonyl (C=O) groups excluding carboxylic acids is 1. The van der Waals surface area contributed by atoms with E-state index in [1.807, 2.05) is 0 Å². The summed E-state index contributed by atoms with van der Waals surface area (Å²) in [5.74, 6) is 0.362. The average Bonchev–Trinajstić information content (AvgIpc) is 2.82. The third kappa shape index (κ3) is 2.60. The average molecular weight is 251 g/mol. The normalized spacial score (nSPS) is 10.0. The number of amides is 1. The predicted octanol–water partition coefficient (Wildman–Crippen LogP) is 2.93.